The van der Waals surface area contributed by atoms with Gasteiger partial charge in [0.05, 0.1) is 18.3 Å². The lowest BCUT2D eigenvalue weighted by molar-refractivity contribution is -0.130. The number of nitrogens with zero attached hydrogens (tertiary/aromatic N) is 1. The quantitative estimate of drug-likeness (QED) is 0.781. The van der Waals surface area contributed by atoms with Gasteiger partial charge < -0.3 is 9.64 Å². The van der Waals surface area contributed by atoms with E-state index in [4.69, 9.17) is 4.74 Å². The molecular weight excluding hydrogens is 204 g/mol. The molecule has 2 heterocycles. The molecule has 0 bridgehead atoms. The lowest BCUT2D eigenvalue weighted by Crippen LogP contribution is -2.36. The van der Waals surface area contributed by atoms with Crippen LogP contribution in [-0.2, 0) is 9.53 Å². The molecule has 0 aromatic heterocycles. The summed E-state index contributed by atoms with van der Waals surface area (Å²) in [6.07, 6.45) is 4.73. The normalized spacial score (nSPS) is 35.0. The molecule has 4 nitrogen and oxygen atoms in total. The Morgan fingerprint density at radius 2 is 2.38 bits per heavy atom. The number of hydrogen-bond acceptors (Lipinski definition) is 3. The fourth-order valence-electron chi connectivity index (χ4n) is 2.59. The van der Waals surface area contributed by atoms with Gasteiger partial charge in [-0.3, -0.25) is 10.1 Å². The Kier molecular flexibility index (Phi) is 3.82. The summed E-state index contributed by atoms with van der Waals surface area (Å²) in [7, 11) is 0. The van der Waals surface area contributed by atoms with E-state index in [9.17, 15) is 4.79 Å². The second-order valence-electron chi connectivity index (χ2n) is 4.76. The molecule has 3 unspecified atom stereocenters. The van der Waals surface area contributed by atoms with Crippen molar-refractivity contribution in [2.75, 3.05) is 13.2 Å². The highest BCUT2D eigenvalue weighted by molar-refractivity contribution is 5.84. The van der Waals surface area contributed by atoms with Gasteiger partial charge in [0.25, 0.3) is 0 Å². The maximum atomic E-state index is 12.0. The van der Waals surface area contributed by atoms with Gasteiger partial charge in [-0.25, -0.2) is 0 Å². The van der Waals surface area contributed by atoms with Crippen molar-refractivity contribution in [1.29, 1.82) is 0 Å². The van der Waals surface area contributed by atoms with Crippen LogP contribution in [0.5, 0.6) is 0 Å². The number of hydrogen-bond donors (Lipinski definition) is 1. The van der Waals surface area contributed by atoms with Crippen LogP contribution < -0.4 is 5.32 Å². The molecule has 0 aromatic rings. The Hall–Kier alpha value is -0.610. The van der Waals surface area contributed by atoms with Crippen molar-refractivity contribution in [3.8, 4) is 0 Å². The first-order valence-corrected chi connectivity index (χ1v) is 6.40. The van der Waals surface area contributed by atoms with E-state index in [0.717, 1.165) is 32.4 Å². The van der Waals surface area contributed by atoms with Gasteiger partial charge in [-0.05, 0) is 32.6 Å². The largest absolute Gasteiger partial charge is 0.378 e. The second-order valence-corrected chi connectivity index (χ2v) is 4.76. The van der Waals surface area contributed by atoms with Crippen molar-refractivity contribution in [3.63, 3.8) is 0 Å². The molecule has 0 saturated carbocycles. The van der Waals surface area contributed by atoms with Gasteiger partial charge in [0.2, 0.25) is 5.91 Å². The first-order valence-electron chi connectivity index (χ1n) is 6.40. The first kappa shape index (κ1) is 11.9. The molecule has 0 aromatic carbocycles. The number of carbonyl (C=O) groups is 1. The van der Waals surface area contributed by atoms with E-state index in [0.29, 0.717) is 6.10 Å². The van der Waals surface area contributed by atoms with Gasteiger partial charge >= 0.3 is 0 Å². The Bertz CT molecular complexity index is 251. The van der Waals surface area contributed by atoms with Crippen LogP contribution in [-0.4, -0.2) is 42.3 Å². The molecule has 2 rings (SSSR count). The van der Waals surface area contributed by atoms with E-state index in [1.165, 1.54) is 6.42 Å². The molecule has 2 saturated heterocycles. The minimum Gasteiger partial charge on any atom is -0.378 e. The van der Waals surface area contributed by atoms with Gasteiger partial charge in [0.1, 0.15) is 0 Å². The summed E-state index contributed by atoms with van der Waals surface area (Å²) in [6, 6.07) is 0.0273. The van der Waals surface area contributed by atoms with Crippen molar-refractivity contribution in [2.45, 2.75) is 57.8 Å². The molecular formula is C12H22N2O2. The van der Waals surface area contributed by atoms with Crippen LogP contribution in [0.3, 0.4) is 0 Å². The van der Waals surface area contributed by atoms with Crippen LogP contribution in [0.1, 0.15) is 39.5 Å². The van der Waals surface area contributed by atoms with E-state index < -0.39 is 0 Å². The second kappa shape index (κ2) is 5.15. The highest BCUT2D eigenvalue weighted by Crippen LogP contribution is 2.18. The van der Waals surface area contributed by atoms with Crippen LogP contribution >= 0.6 is 0 Å². The Balaban J connectivity index is 1.82. The van der Waals surface area contributed by atoms with E-state index >= 15 is 0 Å². The molecule has 2 aliphatic rings. The zero-order valence-electron chi connectivity index (χ0n) is 10.2. The fourth-order valence-corrected chi connectivity index (χ4v) is 2.59. The van der Waals surface area contributed by atoms with Crippen LogP contribution in [0.2, 0.25) is 0 Å². The van der Waals surface area contributed by atoms with E-state index in [-0.39, 0.29) is 18.1 Å². The summed E-state index contributed by atoms with van der Waals surface area (Å²) in [6.45, 7) is 5.83. The Labute approximate surface area is 97.3 Å². The predicted molar refractivity (Wildman–Crippen MR) is 62.0 cm³/mol. The molecule has 4 heteroatoms. The summed E-state index contributed by atoms with van der Waals surface area (Å²) in [5.74, 6) is 0.257. The number of rotatable bonds is 4. The van der Waals surface area contributed by atoms with E-state index in [1.54, 1.807) is 0 Å². The minimum atomic E-state index is 0.0273. The molecule has 3 atom stereocenters. The van der Waals surface area contributed by atoms with Crippen LogP contribution in [0.15, 0.2) is 0 Å². The van der Waals surface area contributed by atoms with Crippen LogP contribution in [0.25, 0.3) is 0 Å². The zero-order valence-corrected chi connectivity index (χ0v) is 10.2. The average Bonchev–Trinajstić information content (AvgIpc) is 2.86. The molecule has 0 radical (unpaired) electrons. The molecule has 1 N–H and O–H groups in total. The highest BCUT2D eigenvalue weighted by atomic mass is 16.5. The average molecular weight is 226 g/mol. The lowest BCUT2D eigenvalue weighted by atomic mass is 10.1. The molecule has 92 valence electrons. The van der Waals surface area contributed by atoms with Gasteiger partial charge in [-0.15, -0.1) is 0 Å². The van der Waals surface area contributed by atoms with Crippen LogP contribution in [0, 0.1) is 0 Å². The smallest absolute Gasteiger partial charge is 0.240 e. The number of amides is 1. The minimum absolute atomic E-state index is 0.0273. The standard InChI is InChI=1S/C12H22N2O2/c1-3-11-12(15)14(9(2)13-11)7-6-10-5-4-8-16-10/h9-11,13H,3-8H2,1-2H3. The van der Waals surface area contributed by atoms with Gasteiger partial charge in [0, 0.05) is 13.2 Å². The van der Waals surface area contributed by atoms with Crippen molar-refractivity contribution < 1.29 is 9.53 Å². The summed E-state index contributed by atoms with van der Waals surface area (Å²) in [5.41, 5.74) is 0. The van der Waals surface area contributed by atoms with Crippen LogP contribution in [0.4, 0.5) is 0 Å². The molecule has 2 fully saturated rings. The number of carbonyl (C=O) groups excluding carboxylic acids is 1. The predicted octanol–water partition coefficient (Wildman–Crippen LogP) is 1.11. The molecule has 0 aliphatic carbocycles. The topological polar surface area (TPSA) is 41.6 Å². The molecule has 1 amide bonds. The fraction of sp³-hybridized carbons (Fsp3) is 0.917. The molecule has 0 spiro atoms. The third kappa shape index (κ3) is 2.38. The Morgan fingerprint density at radius 3 is 2.94 bits per heavy atom. The van der Waals surface area contributed by atoms with Crippen molar-refractivity contribution in [1.82, 2.24) is 10.2 Å². The molecule has 2 aliphatic heterocycles. The Morgan fingerprint density at radius 1 is 1.56 bits per heavy atom. The third-order valence-corrected chi connectivity index (χ3v) is 3.62. The number of nitrogens with one attached hydrogen (secondary N) is 1. The van der Waals surface area contributed by atoms with E-state index in [2.05, 4.69) is 12.2 Å². The van der Waals surface area contributed by atoms with Crippen molar-refractivity contribution >= 4 is 5.91 Å². The van der Waals surface area contributed by atoms with E-state index in [1.807, 2.05) is 11.8 Å². The third-order valence-electron chi connectivity index (χ3n) is 3.62. The number of ether oxygens (including phenoxy) is 1. The van der Waals surface area contributed by atoms with Crippen molar-refractivity contribution in [2.24, 2.45) is 0 Å². The highest BCUT2D eigenvalue weighted by Gasteiger charge is 2.35. The summed E-state index contributed by atoms with van der Waals surface area (Å²) in [5, 5.41) is 3.31. The van der Waals surface area contributed by atoms with Gasteiger partial charge in [0.15, 0.2) is 0 Å². The van der Waals surface area contributed by atoms with Gasteiger partial charge in [-0.2, -0.15) is 0 Å². The van der Waals surface area contributed by atoms with Gasteiger partial charge in [-0.1, -0.05) is 6.92 Å². The maximum Gasteiger partial charge on any atom is 0.240 e. The summed E-state index contributed by atoms with van der Waals surface area (Å²) in [4.78, 5) is 13.9. The SMILES string of the molecule is CCC1NC(C)N(CCC2CCCO2)C1=O. The summed E-state index contributed by atoms with van der Waals surface area (Å²) >= 11 is 0. The first-order chi connectivity index (χ1) is 7.72. The summed E-state index contributed by atoms with van der Waals surface area (Å²) < 4.78 is 5.58. The zero-order chi connectivity index (χ0) is 11.5. The monoisotopic (exact) mass is 226 g/mol. The lowest BCUT2D eigenvalue weighted by Gasteiger charge is -2.22. The molecule has 16 heavy (non-hydrogen) atoms. The maximum absolute atomic E-state index is 12.0. The van der Waals surface area contributed by atoms with Crippen molar-refractivity contribution in [3.05, 3.63) is 0 Å².